The van der Waals surface area contributed by atoms with E-state index in [-0.39, 0.29) is 5.91 Å². The second kappa shape index (κ2) is 5.40. The molecule has 1 amide bonds. The average molecular weight is 289 g/mol. The van der Waals surface area contributed by atoms with E-state index >= 15 is 0 Å². The molecule has 20 heavy (non-hydrogen) atoms. The Bertz CT molecular complexity index is 642. The maximum Gasteiger partial charge on any atom is 0.253 e. The summed E-state index contributed by atoms with van der Waals surface area (Å²) >= 11 is 1.44. The van der Waals surface area contributed by atoms with Crippen LogP contribution in [0, 0.1) is 6.92 Å². The largest absolute Gasteiger partial charge is 0.375 e. The molecule has 4 nitrogen and oxygen atoms in total. The summed E-state index contributed by atoms with van der Waals surface area (Å²) in [7, 11) is 0. The lowest BCUT2D eigenvalue weighted by Gasteiger charge is -2.20. The number of amides is 1. The highest BCUT2D eigenvalue weighted by molar-refractivity contribution is 7.22. The third-order valence-electron chi connectivity index (χ3n) is 3.84. The molecular formula is C15H19N3OS. The smallest absolute Gasteiger partial charge is 0.253 e. The van der Waals surface area contributed by atoms with Gasteiger partial charge in [0.2, 0.25) is 0 Å². The first-order chi connectivity index (χ1) is 9.65. The summed E-state index contributed by atoms with van der Waals surface area (Å²) < 4.78 is 1.00. The van der Waals surface area contributed by atoms with Gasteiger partial charge in [-0.1, -0.05) is 24.2 Å². The van der Waals surface area contributed by atoms with Crippen LogP contribution in [0.1, 0.15) is 41.6 Å². The van der Waals surface area contributed by atoms with Crippen LogP contribution >= 0.6 is 11.3 Å². The maximum atomic E-state index is 12.6. The summed E-state index contributed by atoms with van der Waals surface area (Å²) in [5.41, 5.74) is 8.46. The molecule has 1 aliphatic heterocycles. The van der Waals surface area contributed by atoms with Gasteiger partial charge in [-0.05, 0) is 37.5 Å². The number of nitrogens with two attached hydrogens (primary N) is 1. The van der Waals surface area contributed by atoms with Gasteiger partial charge in [0, 0.05) is 18.7 Å². The number of nitrogen functional groups attached to an aromatic ring is 1. The van der Waals surface area contributed by atoms with Crippen LogP contribution in [-0.4, -0.2) is 28.9 Å². The lowest BCUT2D eigenvalue weighted by atomic mass is 10.1. The number of aromatic nitrogens is 1. The lowest BCUT2D eigenvalue weighted by molar-refractivity contribution is 0.0762. The van der Waals surface area contributed by atoms with Gasteiger partial charge in [0.1, 0.15) is 0 Å². The summed E-state index contributed by atoms with van der Waals surface area (Å²) in [6.45, 7) is 3.74. The molecule has 5 heteroatoms. The van der Waals surface area contributed by atoms with Crippen LogP contribution in [0.3, 0.4) is 0 Å². The second-order valence-electron chi connectivity index (χ2n) is 5.40. The van der Waals surface area contributed by atoms with Crippen LogP contribution < -0.4 is 5.73 Å². The highest BCUT2D eigenvalue weighted by Crippen LogP contribution is 2.28. The average Bonchev–Trinajstić information content (AvgIpc) is 2.64. The molecule has 1 aromatic heterocycles. The van der Waals surface area contributed by atoms with Crippen molar-refractivity contribution in [2.24, 2.45) is 0 Å². The molecule has 0 atom stereocenters. The summed E-state index contributed by atoms with van der Waals surface area (Å²) in [5.74, 6) is 0.142. The van der Waals surface area contributed by atoms with E-state index in [0.717, 1.165) is 47.3 Å². The van der Waals surface area contributed by atoms with E-state index in [2.05, 4.69) is 4.98 Å². The number of thiazole rings is 1. The van der Waals surface area contributed by atoms with Gasteiger partial charge >= 0.3 is 0 Å². The Kier molecular flexibility index (Phi) is 3.61. The highest BCUT2D eigenvalue weighted by atomic mass is 32.1. The predicted octanol–water partition coefficient (Wildman–Crippen LogP) is 3.20. The van der Waals surface area contributed by atoms with E-state index < -0.39 is 0 Å². The quantitative estimate of drug-likeness (QED) is 0.877. The molecule has 3 rings (SSSR count). The molecule has 0 spiro atoms. The Labute approximate surface area is 122 Å². The molecule has 0 aliphatic carbocycles. The fourth-order valence-electron chi connectivity index (χ4n) is 2.79. The van der Waals surface area contributed by atoms with E-state index in [0.29, 0.717) is 5.13 Å². The standard InChI is InChI=1S/C15H19N3OS/c1-10-8-11(9-12-13(10)17-15(16)20-12)14(19)18-6-4-2-3-5-7-18/h8-9H,2-7H2,1H3,(H2,16,17). The normalized spacial score (nSPS) is 16.4. The van der Waals surface area contributed by atoms with Crippen molar-refractivity contribution in [3.8, 4) is 0 Å². The number of carbonyl (C=O) groups excluding carboxylic acids is 1. The van der Waals surface area contributed by atoms with Gasteiger partial charge in [0.05, 0.1) is 10.2 Å². The Morgan fingerprint density at radius 3 is 2.65 bits per heavy atom. The van der Waals surface area contributed by atoms with Gasteiger partial charge in [0.25, 0.3) is 5.91 Å². The van der Waals surface area contributed by atoms with E-state index in [1.165, 1.54) is 24.2 Å². The molecule has 2 aromatic rings. The fourth-order valence-corrected chi connectivity index (χ4v) is 3.65. The van der Waals surface area contributed by atoms with Crippen molar-refractivity contribution in [1.82, 2.24) is 9.88 Å². The number of aryl methyl sites for hydroxylation is 1. The number of rotatable bonds is 1. The zero-order valence-corrected chi connectivity index (χ0v) is 12.5. The maximum absolute atomic E-state index is 12.6. The molecular weight excluding hydrogens is 270 g/mol. The van der Waals surface area contributed by atoms with Crippen LogP contribution in [-0.2, 0) is 0 Å². The fraction of sp³-hybridized carbons (Fsp3) is 0.467. The van der Waals surface area contributed by atoms with Gasteiger partial charge < -0.3 is 10.6 Å². The van der Waals surface area contributed by atoms with Crippen LogP contribution in [0.5, 0.6) is 0 Å². The minimum atomic E-state index is 0.142. The van der Waals surface area contributed by atoms with E-state index in [1.807, 2.05) is 24.0 Å². The van der Waals surface area contributed by atoms with Gasteiger partial charge in [-0.25, -0.2) is 4.98 Å². The third-order valence-corrected chi connectivity index (χ3v) is 4.67. The molecule has 1 fully saturated rings. The summed E-state index contributed by atoms with van der Waals surface area (Å²) in [6, 6.07) is 3.87. The van der Waals surface area contributed by atoms with Gasteiger partial charge in [-0.3, -0.25) is 4.79 Å². The molecule has 1 saturated heterocycles. The molecule has 0 unspecified atom stereocenters. The first kappa shape index (κ1) is 13.4. The Hall–Kier alpha value is -1.62. The topological polar surface area (TPSA) is 59.2 Å². The van der Waals surface area contributed by atoms with Crippen molar-refractivity contribution in [3.63, 3.8) is 0 Å². The van der Waals surface area contributed by atoms with E-state index in [9.17, 15) is 4.79 Å². The SMILES string of the molecule is Cc1cc(C(=O)N2CCCCCC2)cc2sc(N)nc12. The minimum absolute atomic E-state index is 0.142. The molecule has 0 radical (unpaired) electrons. The number of carbonyl (C=O) groups is 1. The second-order valence-corrected chi connectivity index (χ2v) is 6.46. The zero-order chi connectivity index (χ0) is 14.1. The molecule has 1 aliphatic rings. The molecule has 2 N–H and O–H groups in total. The van der Waals surface area contributed by atoms with E-state index in [1.54, 1.807) is 0 Å². The predicted molar refractivity (Wildman–Crippen MR) is 83.1 cm³/mol. The van der Waals surface area contributed by atoms with Crippen molar-refractivity contribution in [1.29, 1.82) is 0 Å². The number of fused-ring (bicyclic) bond motifs is 1. The molecule has 0 bridgehead atoms. The van der Waals surface area contributed by atoms with Crippen LogP contribution in [0.4, 0.5) is 5.13 Å². The molecule has 0 saturated carbocycles. The monoisotopic (exact) mass is 289 g/mol. The third kappa shape index (κ3) is 2.50. The summed E-state index contributed by atoms with van der Waals surface area (Å²) in [6.07, 6.45) is 4.68. The first-order valence-corrected chi connectivity index (χ1v) is 7.93. The van der Waals surface area contributed by atoms with Crippen molar-refractivity contribution < 1.29 is 4.79 Å². The minimum Gasteiger partial charge on any atom is -0.375 e. The van der Waals surface area contributed by atoms with Crippen molar-refractivity contribution in [3.05, 3.63) is 23.3 Å². The van der Waals surface area contributed by atoms with Gasteiger partial charge in [-0.15, -0.1) is 0 Å². The van der Waals surface area contributed by atoms with Crippen LogP contribution in [0.25, 0.3) is 10.2 Å². The lowest BCUT2D eigenvalue weighted by Crippen LogP contribution is -2.31. The number of likely N-dealkylation sites (tertiary alicyclic amines) is 1. The van der Waals surface area contributed by atoms with Crippen molar-refractivity contribution >= 4 is 32.6 Å². The molecule has 106 valence electrons. The van der Waals surface area contributed by atoms with Crippen molar-refractivity contribution in [2.75, 3.05) is 18.8 Å². The van der Waals surface area contributed by atoms with Crippen molar-refractivity contribution in [2.45, 2.75) is 32.6 Å². The number of hydrogen-bond acceptors (Lipinski definition) is 4. The van der Waals surface area contributed by atoms with Gasteiger partial charge in [-0.2, -0.15) is 0 Å². The van der Waals surface area contributed by atoms with E-state index in [4.69, 9.17) is 5.73 Å². The molecule has 2 heterocycles. The Morgan fingerprint density at radius 1 is 1.25 bits per heavy atom. The number of hydrogen-bond donors (Lipinski definition) is 1. The van der Waals surface area contributed by atoms with Crippen LogP contribution in [0.15, 0.2) is 12.1 Å². The Morgan fingerprint density at radius 2 is 1.95 bits per heavy atom. The van der Waals surface area contributed by atoms with Gasteiger partial charge in [0.15, 0.2) is 5.13 Å². The first-order valence-electron chi connectivity index (χ1n) is 7.11. The molecule has 1 aromatic carbocycles. The number of benzene rings is 1. The highest BCUT2D eigenvalue weighted by Gasteiger charge is 2.19. The number of nitrogens with zero attached hydrogens (tertiary/aromatic N) is 2. The zero-order valence-electron chi connectivity index (χ0n) is 11.7. The van der Waals surface area contributed by atoms with Crippen LogP contribution in [0.2, 0.25) is 0 Å². The summed E-state index contributed by atoms with van der Waals surface area (Å²) in [5, 5.41) is 0.558. The Balaban J connectivity index is 1.94. The number of anilines is 1. The summed E-state index contributed by atoms with van der Waals surface area (Å²) in [4.78, 5) is 18.9.